The number of benzene rings is 1. The van der Waals surface area contributed by atoms with Crippen LogP contribution >= 0.6 is 0 Å². The van der Waals surface area contributed by atoms with Gasteiger partial charge in [-0.2, -0.15) is 0 Å². The number of hydrogen-bond acceptors (Lipinski definition) is 6. The second-order valence-electron chi connectivity index (χ2n) is 7.68. The normalized spacial score (nSPS) is 39.4. The molecule has 1 saturated heterocycles. The van der Waals surface area contributed by atoms with Gasteiger partial charge in [-0.1, -0.05) is 12.1 Å². The van der Waals surface area contributed by atoms with Gasteiger partial charge in [0.05, 0.1) is 0 Å². The summed E-state index contributed by atoms with van der Waals surface area (Å²) < 4.78 is 61.0. The van der Waals surface area contributed by atoms with Crippen molar-refractivity contribution in [1.29, 1.82) is 0 Å². The molecule has 2 heterocycles. The summed E-state index contributed by atoms with van der Waals surface area (Å²) in [4.78, 5) is 26.6. The van der Waals surface area contributed by atoms with Crippen molar-refractivity contribution >= 4 is 11.9 Å². The molecular weight excluding hydrogens is 346 g/mol. The molecule has 1 fully saturated rings. The standard InChI is InChI=1S/C21H23NO5/c1-11(23)25-16-6-4-13-10-15-14-5-7-17(26-12(2)24)20-21(14,8-9-22(15)3)18(13)19(16)27-20/h4-7,14-15,17,20H,8-10H2,1-3H3/t14-,15+,17-,20-,21-/m0/s1/i1D3,2D3. The van der Waals surface area contributed by atoms with E-state index in [1.165, 1.54) is 6.07 Å². The van der Waals surface area contributed by atoms with Crippen molar-refractivity contribution < 1.29 is 32.0 Å². The van der Waals surface area contributed by atoms with Crippen molar-refractivity contribution in [2.75, 3.05) is 13.6 Å². The highest BCUT2D eigenvalue weighted by atomic mass is 16.6. The van der Waals surface area contributed by atoms with Crippen LogP contribution in [0.2, 0.25) is 0 Å². The second kappa shape index (κ2) is 5.58. The van der Waals surface area contributed by atoms with Gasteiger partial charge in [0, 0.05) is 44.9 Å². The highest BCUT2D eigenvalue weighted by molar-refractivity contribution is 5.73. The molecule has 6 heteroatoms. The van der Waals surface area contributed by atoms with E-state index in [-0.39, 0.29) is 23.5 Å². The molecule has 2 aliphatic heterocycles. The fourth-order valence-corrected chi connectivity index (χ4v) is 5.61. The molecule has 1 aromatic rings. The Balaban J connectivity index is 1.61. The van der Waals surface area contributed by atoms with Crippen molar-refractivity contribution in [1.82, 2.24) is 4.90 Å². The molecule has 0 radical (unpaired) electrons. The van der Waals surface area contributed by atoms with Crippen LogP contribution in [0.25, 0.3) is 0 Å². The van der Waals surface area contributed by atoms with Crippen LogP contribution in [0.5, 0.6) is 11.5 Å². The quantitative estimate of drug-likeness (QED) is 0.447. The number of ether oxygens (including phenoxy) is 3. The van der Waals surface area contributed by atoms with Gasteiger partial charge in [0.2, 0.25) is 0 Å². The summed E-state index contributed by atoms with van der Waals surface area (Å²) in [6, 6.07) is 3.51. The smallest absolute Gasteiger partial charge is 0.308 e. The molecule has 0 amide bonds. The van der Waals surface area contributed by atoms with E-state index in [2.05, 4.69) is 11.9 Å². The van der Waals surface area contributed by atoms with Crippen molar-refractivity contribution in [2.24, 2.45) is 5.92 Å². The molecule has 1 aromatic carbocycles. The Kier molecular flexibility index (Phi) is 2.37. The lowest BCUT2D eigenvalue weighted by atomic mass is 9.53. The number of carbonyl (C=O) groups excluding carboxylic acids is 2. The van der Waals surface area contributed by atoms with Crippen molar-refractivity contribution in [3.05, 3.63) is 35.4 Å². The zero-order chi connectivity index (χ0) is 23.9. The predicted octanol–water partition coefficient (Wildman–Crippen LogP) is 1.99. The van der Waals surface area contributed by atoms with Crippen LogP contribution in [0.4, 0.5) is 0 Å². The van der Waals surface area contributed by atoms with E-state index in [1.54, 1.807) is 6.08 Å². The summed E-state index contributed by atoms with van der Waals surface area (Å²) in [5, 5.41) is 0. The summed E-state index contributed by atoms with van der Waals surface area (Å²) in [5.74, 6) is -2.42. The third-order valence-electron chi connectivity index (χ3n) is 6.56. The van der Waals surface area contributed by atoms with Crippen LogP contribution < -0.4 is 9.47 Å². The van der Waals surface area contributed by atoms with Gasteiger partial charge in [0.1, 0.15) is 6.10 Å². The maximum atomic E-state index is 12.2. The lowest BCUT2D eigenvalue weighted by molar-refractivity contribution is -0.152. The van der Waals surface area contributed by atoms with Crippen LogP contribution in [-0.4, -0.2) is 48.7 Å². The molecule has 0 aromatic heterocycles. The van der Waals surface area contributed by atoms with E-state index in [0.29, 0.717) is 6.42 Å². The summed E-state index contributed by atoms with van der Waals surface area (Å²) >= 11 is 0. The van der Waals surface area contributed by atoms with E-state index in [9.17, 15) is 9.59 Å². The minimum absolute atomic E-state index is 0.00400. The Morgan fingerprint density at radius 3 is 2.96 bits per heavy atom. The molecule has 2 aliphatic carbocycles. The molecule has 1 spiro atoms. The van der Waals surface area contributed by atoms with Gasteiger partial charge in [-0.15, -0.1) is 0 Å². The van der Waals surface area contributed by atoms with Crippen LogP contribution in [0.1, 0.15) is 39.5 Å². The van der Waals surface area contributed by atoms with Gasteiger partial charge in [-0.05, 0) is 44.1 Å². The van der Waals surface area contributed by atoms with Crippen LogP contribution in [-0.2, 0) is 26.2 Å². The Morgan fingerprint density at radius 1 is 1.30 bits per heavy atom. The van der Waals surface area contributed by atoms with Gasteiger partial charge in [-0.25, -0.2) is 0 Å². The Bertz CT molecular complexity index is 1070. The molecule has 0 N–H and O–H groups in total. The summed E-state index contributed by atoms with van der Waals surface area (Å²) in [6.07, 6.45) is 3.34. The first-order valence-corrected chi connectivity index (χ1v) is 8.99. The van der Waals surface area contributed by atoms with E-state index in [0.717, 1.165) is 24.1 Å². The van der Waals surface area contributed by atoms with Crippen molar-refractivity contribution in [3.63, 3.8) is 0 Å². The number of piperidine rings is 1. The molecular formula is C21H23NO5. The van der Waals surface area contributed by atoms with E-state index >= 15 is 0 Å². The lowest BCUT2D eigenvalue weighted by Gasteiger charge is -2.56. The highest BCUT2D eigenvalue weighted by Gasteiger charge is 2.65. The number of likely N-dealkylation sites (N-methyl/N-ethyl adjacent to an activating group) is 1. The maximum absolute atomic E-state index is 12.2. The van der Waals surface area contributed by atoms with Crippen molar-refractivity contribution in [3.8, 4) is 11.5 Å². The molecule has 6 nitrogen and oxygen atoms in total. The largest absolute Gasteiger partial charge is 0.481 e. The van der Waals surface area contributed by atoms with Crippen LogP contribution in [0.15, 0.2) is 24.3 Å². The van der Waals surface area contributed by atoms with Crippen molar-refractivity contribution in [2.45, 2.75) is 50.2 Å². The molecule has 142 valence electrons. The van der Waals surface area contributed by atoms with E-state index in [4.69, 9.17) is 22.4 Å². The van der Waals surface area contributed by atoms with E-state index in [1.807, 2.05) is 12.1 Å². The molecule has 2 bridgehead atoms. The Hall–Kier alpha value is -2.34. The molecule has 0 saturated carbocycles. The molecule has 4 aliphatic rings. The Labute approximate surface area is 166 Å². The first-order chi connectivity index (χ1) is 15.3. The minimum Gasteiger partial charge on any atom is -0.481 e. The topological polar surface area (TPSA) is 65.1 Å². The van der Waals surface area contributed by atoms with Gasteiger partial charge in [0.25, 0.3) is 0 Å². The fourth-order valence-electron chi connectivity index (χ4n) is 5.61. The fraction of sp³-hybridized carbons (Fsp3) is 0.524. The third kappa shape index (κ3) is 2.16. The van der Waals surface area contributed by atoms with Gasteiger partial charge in [-0.3, -0.25) is 9.59 Å². The first kappa shape index (κ1) is 11.5. The van der Waals surface area contributed by atoms with Gasteiger partial charge >= 0.3 is 11.9 Å². The third-order valence-corrected chi connectivity index (χ3v) is 6.56. The van der Waals surface area contributed by atoms with Crippen LogP contribution in [0, 0.1) is 5.92 Å². The van der Waals surface area contributed by atoms with Gasteiger partial charge in [0.15, 0.2) is 17.6 Å². The van der Waals surface area contributed by atoms with Gasteiger partial charge < -0.3 is 19.1 Å². The maximum Gasteiger partial charge on any atom is 0.308 e. The number of hydrogen-bond donors (Lipinski definition) is 0. The summed E-state index contributed by atoms with van der Waals surface area (Å²) in [6.45, 7) is -5.11. The average molecular weight is 375 g/mol. The minimum atomic E-state index is -2.94. The number of esters is 2. The molecule has 5 atom stereocenters. The van der Waals surface area contributed by atoms with Crippen LogP contribution in [0.3, 0.4) is 0 Å². The number of likely N-dealkylation sites (tertiary alicyclic amines) is 1. The predicted molar refractivity (Wildman–Crippen MR) is 96.8 cm³/mol. The molecule has 0 unspecified atom stereocenters. The number of rotatable bonds is 2. The average Bonchev–Trinajstić information content (AvgIpc) is 3.07. The second-order valence-corrected chi connectivity index (χ2v) is 7.68. The summed E-state index contributed by atoms with van der Waals surface area (Å²) in [5.41, 5.74) is 1.21. The monoisotopic (exact) mass is 375 g/mol. The molecule has 5 rings (SSSR count). The number of nitrogens with zero attached hydrogens (tertiary/aromatic N) is 1. The first-order valence-electron chi connectivity index (χ1n) is 12.0. The summed E-state index contributed by atoms with van der Waals surface area (Å²) in [7, 11) is 2.05. The zero-order valence-corrected chi connectivity index (χ0v) is 14.7. The molecule has 27 heavy (non-hydrogen) atoms. The SMILES string of the molecule is [2H]C([2H])([2H])C(=O)Oc1ccc2c3c1O[C@H]1[C@@H](OC(=O)C([2H])([2H])[2H])C=C[C@H]4[C@@H](C2)N(C)CC[C@@]341. The lowest BCUT2D eigenvalue weighted by Crippen LogP contribution is -2.65. The zero-order valence-electron chi connectivity index (χ0n) is 20.7. The number of carbonyl (C=O) groups is 2. The van der Waals surface area contributed by atoms with E-state index < -0.39 is 43.3 Å². The Morgan fingerprint density at radius 2 is 2.15 bits per heavy atom. The highest BCUT2D eigenvalue weighted by Crippen LogP contribution is 2.62.